The molecule has 0 spiro atoms. The highest BCUT2D eigenvalue weighted by Gasteiger charge is 2.13. The highest BCUT2D eigenvalue weighted by molar-refractivity contribution is 6.42. The molecule has 1 saturated heterocycles. The normalized spacial score (nSPS) is 17.2. The summed E-state index contributed by atoms with van der Waals surface area (Å²) in [6.07, 6.45) is 3.23. The van der Waals surface area contributed by atoms with E-state index in [0.29, 0.717) is 22.7 Å². The molecule has 0 saturated carbocycles. The third-order valence-electron chi connectivity index (χ3n) is 4.24. The van der Waals surface area contributed by atoms with Crippen LogP contribution in [0.4, 0.5) is 0 Å². The van der Waals surface area contributed by atoms with Crippen molar-refractivity contribution >= 4 is 29.2 Å². The predicted molar refractivity (Wildman–Crippen MR) is 108 cm³/mol. The number of guanidine groups is 1. The van der Waals surface area contributed by atoms with Gasteiger partial charge >= 0.3 is 0 Å². The summed E-state index contributed by atoms with van der Waals surface area (Å²) >= 11 is 12.1. The molecule has 1 aliphatic heterocycles. The van der Waals surface area contributed by atoms with Gasteiger partial charge < -0.3 is 20.1 Å². The molecule has 0 aliphatic carbocycles. The van der Waals surface area contributed by atoms with Crippen LogP contribution < -0.4 is 10.6 Å². The molecule has 1 atom stereocenters. The first-order chi connectivity index (χ1) is 12.6. The van der Waals surface area contributed by atoms with Crippen molar-refractivity contribution in [3.05, 3.63) is 33.8 Å². The zero-order chi connectivity index (χ0) is 18.8. The fraction of sp³-hybridized carbons (Fsp3) is 0.632. The zero-order valence-electron chi connectivity index (χ0n) is 15.6. The second-order valence-electron chi connectivity index (χ2n) is 6.34. The molecule has 1 aliphatic rings. The van der Waals surface area contributed by atoms with Crippen molar-refractivity contribution in [2.45, 2.75) is 45.3 Å². The van der Waals surface area contributed by atoms with Crippen LogP contribution >= 0.6 is 23.2 Å². The fourth-order valence-corrected chi connectivity index (χ4v) is 3.04. The van der Waals surface area contributed by atoms with E-state index in [2.05, 4.69) is 29.5 Å². The number of nitrogens with zero attached hydrogens (tertiary/aromatic N) is 1. The highest BCUT2D eigenvalue weighted by Crippen LogP contribution is 2.25. The van der Waals surface area contributed by atoms with Crippen molar-refractivity contribution in [1.29, 1.82) is 0 Å². The molecule has 1 unspecified atom stereocenters. The molecule has 1 heterocycles. The molecule has 7 heteroatoms. The van der Waals surface area contributed by atoms with E-state index in [1.54, 1.807) is 0 Å². The average Bonchev–Trinajstić information content (AvgIpc) is 2.64. The molecular formula is C19H29Cl2N3O2. The summed E-state index contributed by atoms with van der Waals surface area (Å²) in [6.45, 7) is 7.99. The summed E-state index contributed by atoms with van der Waals surface area (Å²) in [6, 6.07) is 5.74. The number of benzene rings is 1. The van der Waals surface area contributed by atoms with Crippen LogP contribution in [0, 0.1) is 0 Å². The largest absolute Gasteiger partial charge is 0.381 e. The molecular weight excluding hydrogens is 373 g/mol. The standard InChI is InChI=1S/C19H29Cl2N3O2/c1-3-22-19(23-9-4-10-26-16-7-11-25-12-8-16)24-14(2)15-5-6-17(20)18(21)13-15/h5-6,13-14,16H,3-4,7-12H2,1-2H3,(H2,22,23,24). The van der Waals surface area contributed by atoms with Crippen molar-refractivity contribution in [3.8, 4) is 0 Å². The van der Waals surface area contributed by atoms with Gasteiger partial charge in [0.1, 0.15) is 0 Å². The Morgan fingerprint density at radius 1 is 1.31 bits per heavy atom. The van der Waals surface area contributed by atoms with Crippen LogP contribution in [0.5, 0.6) is 0 Å². The van der Waals surface area contributed by atoms with Crippen molar-refractivity contribution in [3.63, 3.8) is 0 Å². The smallest absolute Gasteiger partial charge is 0.191 e. The van der Waals surface area contributed by atoms with Crippen LogP contribution in [0.2, 0.25) is 10.0 Å². The van der Waals surface area contributed by atoms with Crippen molar-refractivity contribution < 1.29 is 9.47 Å². The Balaban J connectivity index is 1.78. The maximum absolute atomic E-state index is 6.11. The quantitative estimate of drug-likeness (QED) is 0.389. The molecule has 2 N–H and O–H groups in total. The van der Waals surface area contributed by atoms with Gasteiger partial charge in [-0.05, 0) is 50.8 Å². The van der Waals surface area contributed by atoms with Gasteiger partial charge in [-0.25, -0.2) is 0 Å². The Kier molecular flexibility index (Phi) is 9.54. The molecule has 26 heavy (non-hydrogen) atoms. The van der Waals surface area contributed by atoms with Crippen LogP contribution in [0.15, 0.2) is 23.2 Å². The Morgan fingerprint density at radius 2 is 2.08 bits per heavy atom. The minimum Gasteiger partial charge on any atom is -0.381 e. The predicted octanol–water partition coefficient (Wildman–Crippen LogP) is 4.20. The summed E-state index contributed by atoms with van der Waals surface area (Å²) < 4.78 is 11.2. The van der Waals surface area contributed by atoms with Gasteiger partial charge in [0, 0.05) is 32.9 Å². The van der Waals surface area contributed by atoms with E-state index in [4.69, 9.17) is 32.7 Å². The fourth-order valence-electron chi connectivity index (χ4n) is 2.74. The number of nitrogens with one attached hydrogen (secondary N) is 2. The lowest BCUT2D eigenvalue weighted by molar-refractivity contribution is -0.0318. The van der Waals surface area contributed by atoms with E-state index in [-0.39, 0.29) is 6.04 Å². The first-order valence-electron chi connectivity index (χ1n) is 9.29. The van der Waals surface area contributed by atoms with Crippen molar-refractivity contribution in [1.82, 2.24) is 10.6 Å². The van der Waals surface area contributed by atoms with E-state index in [0.717, 1.165) is 57.2 Å². The maximum Gasteiger partial charge on any atom is 0.191 e. The van der Waals surface area contributed by atoms with Gasteiger partial charge in [-0.2, -0.15) is 0 Å². The number of hydrogen-bond donors (Lipinski definition) is 2. The minimum absolute atomic E-state index is 0.0704. The third-order valence-corrected chi connectivity index (χ3v) is 4.97. The number of aliphatic imine (C=N–C) groups is 1. The SMILES string of the molecule is CCNC(=NCCCOC1CCOCC1)NC(C)c1ccc(Cl)c(Cl)c1. The van der Waals surface area contributed by atoms with Gasteiger partial charge in [0.2, 0.25) is 0 Å². The Labute approximate surface area is 166 Å². The van der Waals surface area contributed by atoms with Crippen molar-refractivity contribution in [2.24, 2.45) is 4.99 Å². The summed E-state index contributed by atoms with van der Waals surface area (Å²) in [5.41, 5.74) is 1.06. The van der Waals surface area contributed by atoms with Crippen LogP contribution in [0.3, 0.4) is 0 Å². The minimum atomic E-state index is 0.0704. The lowest BCUT2D eigenvalue weighted by atomic mass is 10.1. The van der Waals surface area contributed by atoms with Crippen LogP contribution in [0.25, 0.3) is 0 Å². The van der Waals surface area contributed by atoms with Crippen LogP contribution in [0.1, 0.15) is 44.7 Å². The Morgan fingerprint density at radius 3 is 2.77 bits per heavy atom. The molecule has 1 fully saturated rings. The van der Waals surface area contributed by atoms with E-state index in [1.807, 2.05) is 18.2 Å². The second kappa shape index (κ2) is 11.7. The maximum atomic E-state index is 6.11. The average molecular weight is 402 g/mol. The molecule has 0 bridgehead atoms. The van der Waals surface area contributed by atoms with Crippen LogP contribution in [-0.2, 0) is 9.47 Å². The zero-order valence-corrected chi connectivity index (χ0v) is 17.1. The Hall–Kier alpha value is -1.01. The van der Waals surface area contributed by atoms with Gasteiger partial charge in [0.05, 0.1) is 22.2 Å². The first-order valence-corrected chi connectivity index (χ1v) is 10.0. The number of ether oxygens (including phenoxy) is 2. The number of hydrogen-bond acceptors (Lipinski definition) is 3. The van der Waals surface area contributed by atoms with Gasteiger partial charge in [-0.15, -0.1) is 0 Å². The number of rotatable bonds is 8. The summed E-state index contributed by atoms with van der Waals surface area (Å²) in [5, 5.41) is 7.80. The van der Waals surface area contributed by atoms with Crippen molar-refractivity contribution in [2.75, 3.05) is 32.9 Å². The second-order valence-corrected chi connectivity index (χ2v) is 7.15. The Bertz CT molecular complexity index is 578. The summed E-state index contributed by atoms with van der Waals surface area (Å²) in [7, 11) is 0. The van der Waals surface area contributed by atoms with Gasteiger partial charge in [-0.1, -0.05) is 29.3 Å². The van der Waals surface area contributed by atoms with Gasteiger partial charge in [0.25, 0.3) is 0 Å². The lowest BCUT2D eigenvalue weighted by Crippen LogP contribution is -2.38. The molecule has 1 aromatic rings. The van der Waals surface area contributed by atoms with Crippen LogP contribution in [-0.4, -0.2) is 45.0 Å². The molecule has 2 rings (SSSR count). The molecule has 0 aromatic heterocycles. The monoisotopic (exact) mass is 401 g/mol. The third kappa shape index (κ3) is 7.31. The number of halogens is 2. The van der Waals surface area contributed by atoms with E-state index >= 15 is 0 Å². The molecule has 0 radical (unpaired) electrons. The highest BCUT2D eigenvalue weighted by atomic mass is 35.5. The van der Waals surface area contributed by atoms with Gasteiger partial charge in [-0.3, -0.25) is 4.99 Å². The molecule has 0 amide bonds. The van der Waals surface area contributed by atoms with E-state index < -0.39 is 0 Å². The molecule has 1 aromatic carbocycles. The molecule has 5 nitrogen and oxygen atoms in total. The first kappa shape index (κ1) is 21.3. The van der Waals surface area contributed by atoms with E-state index in [1.165, 1.54) is 0 Å². The molecule has 146 valence electrons. The van der Waals surface area contributed by atoms with Gasteiger partial charge in [0.15, 0.2) is 5.96 Å². The van der Waals surface area contributed by atoms with E-state index in [9.17, 15) is 0 Å². The lowest BCUT2D eigenvalue weighted by Gasteiger charge is -2.22. The topological polar surface area (TPSA) is 54.9 Å². The summed E-state index contributed by atoms with van der Waals surface area (Å²) in [5.74, 6) is 0.789. The summed E-state index contributed by atoms with van der Waals surface area (Å²) in [4.78, 5) is 4.63.